The minimum atomic E-state index is -0.0734. The molecule has 0 atom stereocenters. The maximum absolute atomic E-state index is 12.1. The average Bonchev–Trinajstić information content (AvgIpc) is 3.11. The van der Waals surface area contributed by atoms with Gasteiger partial charge in [0.25, 0.3) is 0 Å². The van der Waals surface area contributed by atoms with Gasteiger partial charge in [0, 0.05) is 12.6 Å². The van der Waals surface area contributed by atoms with Crippen molar-refractivity contribution in [1.29, 1.82) is 0 Å². The van der Waals surface area contributed by atoms with E-state index in [1.165, 1.54) is 11.8 Å². The maximum Gasteiger partial charge on any atom is 0.230 e. The summed E-state index contributed by atoms with van der Waals surface area (Å²) >= 11 is 1.36. The van der Waals surface area contributed by atoms with E-state index in [0.717, 1.165) is 28.5 Å². The van der Waals surface area contributed by atoms with Gasteiger partial charge in [-0.15, -0.1) is 10.2 Å². The predicted molar refractivity (Wildman–Crippen MR) is 118 cm³/mol. The monoisotopic (exact) mass is 426 g/mol. The first kappa shape index (κ1) is 21.7. The van der Waals surface area contributed by atoms with Gasteiger partial charge in [-0.25, -0.2) is 0 Å². The van der Waals surface area contributed by atoms with Crippen molar-refractivity contribution < 1.29 is 14.3 Å². The van der Waals surface area contributed by atoms with E-state index in [1.807, 2.05) is 74.0 Å². The van der Waals surface area contributed by atoms with Gasteiger partial charge >= 0.3 is 0 Å². The van der Waals surface area contributed by atoms with Gasteiger partial charge in [0.05, 0.1) is 18.9 Å². The number of thioether (sulfide) groups is 1. The summed E-state index contributed by atoms with van der Waals surface area (Å²) in [6.45, 7) is 5.44. The zero-order chi connectivity index (χ0) is 21.3. The van der Waals surface area contributed by atoms with Crippen LogP contribution in [0.5, 0.6) is 11.5 Å². The normalized spacial score (nSPS) is 10.6. The summed E-state index contributed by atoms with van der Waals surface area (Å²) in [5.41, 5.74) is 2.17. The van der Waals surface area contributed by atoms with Crippen molar-refractivity contribution >= 4 is 17.7 Å². The molecule has 1 N–H and O–H groups in total. The van der Waals surface area contributed by atoms with E-state index in [2.05, 4.69) is 15.5 Å². The Bertz CT molecular complexity index is 973. The lowest BCUT2D eigenvalue weighted by atomic mass is 10.1. The van der Waals surface area contributed by atoms with Crippen LogP contribution in [0.15, 0.2) is 53.7 Å². The second-order valence-corrected chi connectivity index (χ2v) is 7.51. The number of nitrogens with one attached hydrogen (secondary N) is 1. The topological polar surface area (TPSA) is 78.3 Å². The molecule has 0 spiro atoms. The first-order chi connectivity index (χ1) is 14.6. The molecule has 0 aliphatic rings. The summed E-state index contributed by atoms with van der Waals surface area (Å²) in [6, 6.07) is 15.5. The largest absolute Gasteiger partial charge is 0.494 e. The van der Waals surface area contributed by atoms with E-state index in [-0.39, 0.29) is 11.7 Å². The Labute approximate surface area is 180 Å². The molecule has 0 aliphatic carbocycles. The molecule has 0 radical (unpaired) electrons. The summed E-state index contributed by atoms with van der Waals surface area (Å²) in [6.07, 6.45) is 0. The molecule has 3 aromatic rings. The highest BCUT2D eigenvalue weighted by Gasteiger charge is 2.14. The minimum Gasteiger partial charge on any atom is -0.494 e. The average molecular weight is 427 g/mol. The Morgan fingerprint density at radius 2 is 1.77 bits per heavy atom. The number of rotatable bonds is 10. The van der Waals surface area contributed by atoms with Crippen LogP contribution in [-0.4, -0.2) is 46.2 Å². The van der Waals surface area contributed by atoms with Crippen molar-refractivity contribution in [3.63, 3.8) is 0 Å². The molecule has 1 amide bonds. The maximum atomic E-state index is 12.1. The minimum absolute atomic E-state index is 0.0734. The fourth-order valence-corrected chi connectivity index (χ4v) is 3.58. The quantitative estimate of drug-likeness (QED) is 0.395. The standard InChI is InChI=1S/C22H26N4O3S/c1-4-28-17-9-11-18(12-10-17)29-14-13-23-20(27)15-30-22-25-24-21(26(22)3)19-8-6-5-7-16(19)2/h5-12H,4,13-15H2,1-3H3,(H,23,27). The number of carbonyl (C=O) groups excluding carboxylic acids is 1. The van der Waals surface area contributed by atoms with Crippen LogP contribution in [0.4, 0.5) is 0 Å². The summed E-state index contributed by atoms with van der Waals surface area (Å²) in [5.74, 6) is 2.54. The van der Waals surface area contributed by atoms with Crippen molar-refractivity contribution in [3.8, 4) is 22.9 Å². The lowest BCUT2D eigenvalue weighted by Crippen LogP contribution is -2.29. The van der Waals surface area contributed by atoms with E-state index in [0.29, 0.717) is 24.9 Å². The molecular weight excluding hydrogens is 400 g/mol. The van der Waals surface area contributed by atoms with Crippen LogP contribution in [0.2, 0.25) is 0 Å². The highest BCUT2D eigenvalue weighted by atomic mass is 32.2. The summed E-state index contributed by atoms with van der Waals surface area (Å²) in [5, 5.41) is 12.1. The molecule has 30 heavy (non-hydrogen) atoms. The van der Waals surface area contributed by atoms with Crippen LogP contribution in [0.3, 0.4) is 0 Å². The van der Waals surface area contributed by atoms with Gasteiger partial charge in [-0.1, -0.05) is 36.0 Å². The Morgan fingerprint density at radius 3 is 2.47 bits per heavy atom. The van der Waals surface area contributed by atoms with Crippen molar-refractivity contribution in [3.05, 3.63) is 54.1 Å². The first-order valence-electron chi connectivity index (χ1n) is 9.79. The molecule has 7 nitrogen and oxygen atoms in total. The molecule has 8 heteroatoms. The van der Waals surface area contributed by atoms with Crippen LogP contribution < -0.4 is 14.8 Å². The fraction of sp³-hybridized carbons (Fsp3) is 0.318. The van der Waals surface area contributed by atoms with Crippen molar-refractivity contribution in [2.75, 3.05) is 25.5 Å². The van der Waals surface area contributed by atoms with Crippen molar-refractivity contribution in [2.24, 2.45) is 7.05 Å². The zero-order valence-electron chi connectivity index (χ0n) is 17.4. The molecule has 0 fully saturated rings. The number of benzene rings is 2. The fourth-order valence-electron chi connectivity index (χ4n) is 2.84. The molecule has 1 heterocycles. The highest BCUT2D eigenvalue weighted by molar-refractivity contribution is 7.99. The third-order valence-electron chi connectivity index (χ3n) is 4.38. The Hall–Kier alpha value is -3.00. The number of aryl methyl sites for hydroxylation is 1. The lowest BCUT2D eigenvalue weighted by Gasteiger charge is -2.09. The number of hydrogen-bond acceptors (Lipinski definition) is 6. The third-order valence-corrected chi connectivity index (χ3v) is 5.40. The van der Waals surface area contributed by atoms with Crippen molar-refractivity contribution in [1.82, 2.24) is 20.1 Å². The van der Waals surface area contributed by atoms with Gasteiger partial charge in [0.15, 0.2) is 11.0 Å². The van der Waals surface area contributed by atoms with Crippen molar-refractivity contribution in [2.45, 2.75) is 19.0 Å². The number of carbonyl (C=O) groups is 1. The predicted octanol–water partition coefficient (Wildman–Crippen LogP) is 3.48. The van der Waals surface area contributed by atoms with E-state index >= 15 is 0 Å². The van der Waals surface area contributed by atoms with Gasteiger partial charge in [0.2, 0.25) is 5.91 Å². The number of aromatic nitrogens is 3. The molecule has 3 rings (SSSR count). The number of ether oxygens (including phenoxy) is 2. The molecule has 0 bridgehead atoms. The molecule has 0 saturated carbocycles. The first-order valence-corrected chi connectivity index (χ1v) is 10.8. The smallest absolute Gasteiger partial charge is 0.230 e. The molecule has 1 aromatic heterocycles. The summed E-state index contributed by atoms with van der Waals surface area (Å²) < 4.78 is 12.9. The SMILES string of the molecule is CCOc1ccc(OCCNC(=O)CSc2nnc(-c3ccccc3C)n2C)cc1. The van der Waals surface area contributed by atoms with Crippen LogP contribution >= 0.6 is 11.8 Å². The molecular formula is C22H26N4O3S. The number of hydrogen-bond donors (Lipinski definition) is 1. The summed E-state index contributed by atoms with van der Waals surface area (Å²) in [7, 11) is 1.91. The van der Waals surface area contributed by atoms with Gasteiger partial charge in [-0.2, -0.15) is 0 Å². The van der Waals surface area contributed by atoms with Crippen LogP contribution in [0.1, 0.15) is 12.5 Å². The molecule has 0 aliphatic heterocycles. The third kappa shape index (κ3) is 5.76. The Kier molecular flexibility index (Phi) is 7.73. The van der Waals surface area contributed by atoms with E-state index in [9.17, 15) is 4.79 Å². The second-order valence-electron chi connectivity index (χ2n) is 6.57. The number of nitrogens with zero attached hydrogens (tertiary/aromatic N) is 3. The van der Waals surface area contributed by atoms with Crippen LogP contribution in [0.25, 0.3) is 11.4 Å². The Balaban J connectivity index is 1.41. The number of amides is 1. The molecule has 158 valence electrons. The van der Waals surface area contributed by atoms with Gasteiger partial charge in [-0.3, -0.25) is 4.79 Å². The van der Waals surface area contributed by atoms with Gasteiger partial charge in [0.1, 0.15) is 18.1 Å². The van der Waals surface area contributed by atoms with Gasteiger partial charge < -0.3 is 19.4 Å². The van der Waals surface area contributed by atoms with Crippen LogP contribution in [-0.2, 0) is 11.8 Å². The highest BCUT2D eigenvalue weighted by Crippen LogP contribution is 2.24. The Morgan fingerprint density at radius 1 is 1.07 bits per heavy atom. The van der Waals surface area contributed by atoms with Crippen LogP contribution in [0, 0.1) is 6.92 Å². The second kappa shape index (κ2) is 10.7. The summed E-state index contributed by atoms with van der Waals surface area (Å²) in [4.78, 5) is 12.1. The van der Waals surface area contributed by atoms with E-state index in [4.69, 9.17) is 9.47 Å². The van der Waals surface area contributed by atoms with Gasteiger partial charge in [-0.05, 0) is 43.7 Å². The van der Waals surface area contributed by atoms with E-state index < -0.39 is 0 Å². The molecule has 0 unspecified atom stereocenters. The molecule has 0 saturated heterocycles. The molecule has 2 aromatic carbocycles. The lowest BCUT2D eigenvalue weighted by molar-refractivity contribution is -0.118. The zero-order valence-corrected chi connectivity index (χ0v) is 18.2. The van der Waals surface area contributed by atoms with E-state index in [1.54, 1.807) is 0 Å².